The highest BCUT2D eigenvalue weighted by atomic mass is 32.1. The standard InChI is InChI=1S/C12H10N6O2S/c19-10(14-9-3-1-5-13-7-9)8-17-12(20)18(16-15-17)11-4-2-6-21-11/h1-7H,8H2,(H,14,19). The Kier molecular flexibility index (Phi) is 3.56. The number of nitrogens with one attached hydrogen (secondary N) is 1. The fraction of sp³-hybridized carbons (Fsp3) is 0.0833. The lowest BCUT2D eigenvalue weighted by Crippen LogP contribution is -2.29. The predicted molar refractivity (Wildman–Crippen MR) is 76.4 cm³/mol. The summed E-state index contributed by atoms with van der Waals surface area (Å²) in [6, 6.07) is 6.96. The van der Waals surface area contributed by atoms with Crippen molar-refractivity contribution in [2.75, 3.05) is 5.32 Å². The summed E-state index contributed by atoms with van der Waals surface area (Å²) < 4.78 is 2.16. The molecule has 0 fully saturated rings. The molecule has 3 rings (SSSR count). The van der Waals surface area contributed by atoms with Crippen LogP contribution in [0, 0.1) is 0 Å². The molecular weight excluding hydrogens is 292 g/mol. The number of anilines is 1. The molecule has 1 amide bonds. The lowest BCUT2D eigenvalue weighted by Gasteiger charge is -2.02. The maximum absolute atomic E-state index is 12.1. The van der Waals surface area contributed by atoms with Crippen molar-refractivity contribution in [3.63, 3.8) is 0 Å². The summed E-state index contributed by atoms with van der Waals surface area (Å²) in [5, 5.41) is 12.6. The average molecular weight is 302 g/mol. The maximum Gasteiger partial charge on any atom is 0.369 e. The van der Waals surface area contributed by atoms with Gasteiger partial charge in [-0.3, -0.25) is 9.78 Å². The second-order valence-electron chi connectivity index (χ2n) is 4.07. The minimum atomic E-state index is -0.459. The van der Waals surface area contributed by atoms with Gasteiger partial charge < -0.3 is 5.32 Å². The number of thiophene rings is 1. The minimum absolute atomic E-state index is 0.209. The Bertz CT molecular complexity index is 793. The van der Waals surface area contributed by atoms with Crippen LogP contribution in [-0.4, -0.2) is 30.7 Å². The van der Waals surface area contributed by atoms with Crippen LogP contribution in [0.3, 0.4) is 0 Å². The number of amides is 1. The predicted octanol–water partition coefficient (Wildman–Crippen LogP) is 0.524. The van der Waals surface area contributed by atoms with E-state index in [1.54, 1.807) is 30.5 Å². The van der Waals surface area contributed by atoms with E-state index in [0.717, 1.165) is 9.36 Å². The summed E-state index contributed by atoms with van der Waals surface area (Å²) >= 11 is 1.36. The van der Waals surface area contributed by atoms with Gasteiger partial charge in [0.25, 0.3) is 0 Å². The molecule has 0 saturated carbocycles. The molecule has 0 aliphatic rings. The van der Waals surface area contributed by atoms with Crippen molar-refractivity contribution in [2.24, 2.45) is 0 Å². The van der Waals surface area contributed by atoms with E-state index in [1.165, 1.54) is 17.5 Å². The number of hydrogen-bond acceptors (Lipinski definition) is 6. The fourth-order valence-electron chi connectivity index (χ4n) is 1.68. The second-order valence-corrected chi connectivity index (χ2v) is 5.00. The highest BCUT2D eigenvalue weighted by Crippen LogP contribution is 2.10. The molecule has 3 aromatic rings. The van der Waals surface area contributed by atoms with Gasteiger partial charge in [0.1, 0.15) is 11.5 Å². The Morgan fingerprint density at radius 2 is 2.19 bits per heavy atom. The number of carbonyl (C=O) groups is 1. The maximum atomic E-state index is 12.1. The van der Waals surface area contributed by atoms with Crippen LogP contribution < -0.4 is 11.0 Å². The van der Waals surface area contributed by atoms with Crippen molar-refractivity contribution in [3.05, 3.63) is 52.5 Å². The van der Waals surface area contributed by atoms with Crippen molar-refractivity contribution >= 4 is 22.9 Å². The molecule has 3 aromatic heterocycles. The zero-order valence-electron chi connectivity index (χ0n) is 10.7. The zero-order chi connectivity index (χ0) is 14.7. The molecule has 0 aliphatic heterocycles. The van der Waals surface area contributed by atoms with Gasteiger partial charge in [-0.15, -0.1) is 11.3 Å². The van der Waals surface area contributed by atoms with Gasteiger partial charge in [-0.25, -0.2) is 4.79 Å². The monoisotopic (exact) mass is 302 g/mol. The molecule has 3 heterocycles. The smallest absolute Gasteiger partial charge is 0.323 e. The summed E-state index contributed by atoms with van der Waals surface area (Å²) in [5.74, 6) is -0.372. The first kappa shape index (κ1) is 13.2. The first-order valence-electron chi connectivity index (χ1n) is 6.00. The molecule has 8 nitrogen and oxygen atoms in total. The van der Waals surface area contributed by atoms with E-state index in [0.29, 0.717) is 10.7 Å². The lowest BCUT2D eigenvalue weighted by molar-refractivity contribution is -0.117. The van der Waals surface area contributed by atoms with Crippen molar-refractivity contribution in [2.45, 2.75) is 6.54 Å². The van der Waals surface area contributed by atoms with Crippen molar-refractivity contribution < 1.29 is 4.79 Å². The first-order chi connectivity index (χ1) is 10.2. The molecule has 106 valence electrons. The Labute approximate surface area is 122 Å². The van der Waals surface area contributed by atoms with Crippen LogP contribution in [0.1, 0.15) is 0 Å². The summed E-state index contributed by atoms with van der Waals surface area (Å²) in [6.45, 7) is -0.209. The third-order valence-corrected chi connectivity index (χ3v) is 3.44. The zero-order valence-corrected chi connectivity index (χ0v) is 11.5. The van der Waals surface area contributed by atoms with Gasteiger partial charge in [0.15, 0.2) is 0 Å². The van der Waals surface area contributed by atoms with Crippen LogP contribution in [0.4, 0.5) is 5.69 Å². The second kappa shape index (κ2) is 5.67. The number of hydrogen-bond donors (Lipinski definition) is 1. The van der Waals surface area contributed by atoms with E-state index in [4.69, 9.17) is 0 Å². The van der Waals surface area contributed by atoms with Gasteiger partial charge in [-0.1, -0.05) is 0 Å². The topological polar surface area (TPSA) is 94.7 Å². The highest BCUT2D eigenvalue weighted by Gasteiger charge is 2.12. The Hall–Kier alpha value is -2.81. The molecule has 9 heteroatoms. The molecule has 0 spiro atoms. The third kappa shape index (κ3) is 2.87. The van der Waals surface area contributed by atoms with Crippen LogP contribution in [0.15, 0.2) is 46.8 Å². The molecule has 0 aliphatic carbocycles. The summed E-state index contributed by atoms with van der Waals surface area (Å²) in [6.07, 6.45) is 3.12. The van der Waals surface area contributed by atoms with Gasteiger partial charge in [-0.05, 0) is 40.1 Å². The fourth-order valence-corrected chi connectivity index (χ4v) is 2.34. The van der Waals surface area contributed by atoms with Crippen LogP contribution >= 0.6 is 11.3 Å². The van der Waals surface area contributed by atoms with Crippen molar-refractivity contribution in [1.29, 1.82) is 0 Å². The highest BCUT2D eigenvalue weighted by molar-refractivity contribution is 7.12. The number of aromatic nitrogens is 5. The van der Waals surface area contributed by atoms with Gasteiger partial charge in [-0.2, -0.15) is 9.36 Å². The Morgan fingerprint density at radius 3 is 2.90 bits per heavy atom. The molecule has 1 N–H and O–H groups in total. The molecule has 0 bridgehead atoms. The van der Waals surface area contributed by atoms with Gasteiger partial charge in [0.2, 0.25) is 5.91 Å². The Morgan fingerprint density at radius 1 is 1.29 bits per heavy atom. The van der Waals surface area contributed by atoms with Crippen LogP contribution in [0.2, 0.25) is 0 Å². The average Bonchev–Trinajstić information content (AvgIpc) is 3.11. The SMILES string of the molecule is O=C(Cn1nnn(-c2cccs2)c1=O)Nc1cccnc1. The van der Waals surface area contributed by atoms with Gasteiger partial charge in [0.05, 0.1) is 11.9 Å². The van der Waals surface area contributed by atoms with Crippen molar-refractivity contribution in [3.8, 4) is 5.00 Å². The van der Waals surface area contributed by atoms with Crippen LogP contribution in [0.25, 0.3) is 5.00 Å². The normalized spacial score (nSPS) is 10.5. The molecular formula is C12H10N6O2S. The number of carbonyl (C=O) groups excluding carboxylic acids is 1. The molecule has 0 unspecified atom stereocenters. The van der Waals surface area contributed by atoms with E-state index in [2.05, 4.69) is 20.7 Å². The van der Waals surface area contributed by atoms with Crippen molar-refractivity contribution in [1.82, 2.24) is 24.8 Å². The number of tetrazole rings is 1. The number of rotatable bonds is 4. The molecule has 0 radical (unpaired) electrons. The quantitative estimate of drug-likeness (QED) is 0.758. The third-order valence-electron chi connectivity index (χ3n) is 2.59. The molecule has 0 atom stereocenters. The largest absolute Gasteiger partial charge is 0.369 e. The van der Waals surface area contributed by atoms with Gasteiger partial charge >= 0.3 is 5.69 Å². The summed E-state index contributed by atoms with van der Waals surface area (Å²) in [4.78, 5) is 27.8. The van der Waals surface area contributed by atoms with E-state index < -0.39 is 5.69 Å². The first-order valence-corrected chi connectivity index (χ1v) is 6.88. The summed E-state index contributed by atoms with van der Waals surface area (Å²) in [5.41, 5.74) is 0.0972. The molecule has 0 aromatic carbocycles. The lowest BCUT2D eigenvalue weighted by atomic mass is 10.4. The summed E-state index contributed by atoms with van der Waals surface area (Å²) in [7, 11) is 0. The van der Waals surface area contributed by atoms with E-state index >= 15 is 0 Å². The number of nitrogens with zero attached hydrogens (tertiary/aromatic N) is 5. The van der Waals surface area contributed by atoms with Crippen LogP contribution in [-0.2, 0) is 11.3 Å². The van der Waals surface area contributed by atoms with E-state index in [-0.39, 0.29) is 12.5 Å². The minimum Gasteiger partial charge on any atom is -0.323 e. The van der Waals surface area contributed by atoms with Gasteiger partial charge in [0, 0.05) is 6.20 Å². The number of pyridine rings is 1. The van der Waals surface area contributed by atoms with E-state index in [1.807, 2.05) is 5.38 Å². The van der Waals surface area contributed by atoms with E-state index in [9.17, 15) is 9.59 Å². The molecule has 21 heavy (non-hydrogen) atoms. The Balaban J connectivity index is 1.74. The molecule has 0 saturated heterocycles. The van der Waals surface area contributed by atoms with Crippen LogP contribution in [0.5, 0.6) is 0 Å².